The molecule has 1 atom stereocenters. The van der Waals surface area contributed by atoms with E-state index in [1.165, 1.54) is 0 Å². The molecule has 0 radical (unpaired) electrons. The molecule has 0 saturated heterocycles. The molecule has 0 spiro atoms. The molecule has 6 heteroatoms. The number of carbonyl (C=O) groups is 3. The highest BCUT2D eigenvalue weighted by atomic mass is 16.4. The average molecular weight is 292 g/mol. The molecule has 0 heterocycles. The van der Waals surface area contributed by atoms with Crippen LogP contribution in [0.3, 0.4) is 0 Å². The van der Waals surface area contributed by atoms with Gasteiger partial charge in [-0.05, 0) is 11.5 Å². The van der Waals surface area contributed by atoms with Crippen molar-refractivity contribution in [3.05, 3.63) is 35.9 Å². The first-order valence-corrected chi connectivity index (χ1v) is 6.73. The van der Waals surface area contributed by atoms with Gasteiger partial charge in [0.05, 0.1) is 13.0 Å². The predicted octanol–water partition coefficient (Wildman–Crippen LogP) is 0.571. The van der Waals surface area contributed by atoms with Gasteiger partial charge in [0.25, 0.3) is 0 Å². The SMILES string of the molecule is CC(C)[C@H](NC(=O)CNC(=O)Cc1ccccc1)C(=O)O. The molecule has 0 saturated carbocycles. The highest BCUT2D eigenvalue weighted by Crippen LogP contribution is 2.01. The smallest absolute Gasteiger partial charge is 0.326 e. The normalized spacial score (nSPS) is 11.8. The molecular formula is C15H20N2O4. The van der Waals surface area contributed by atoms with Gasteiger partial charge in [0.2, 0.25) is 11.8 Å². The Balaban J connectivity index is 2.39. The van der Waals surface area contributed by atoms with Crippen molar-refractivity contribution >= 4 is 17.8 Å². The molecule has 114 valence electrons. The van der Waals surface area contributed by atoms with Crippen LogP contribution < -0.4 is 10.6 Å². The van der Waals surface area contributed by atoms with Crippen molar-refractivity contribution in [3.8, 4) is 0 Å². The van der Waals surface area contributed by atoms with E-state index in [0.717, 1.165) is 5.56 Å². The third-order valence-corrected chi connectivity index (χ3v) is 2.90. The van der Waals surface area contributed by atoms with Crippen LogP contribution in [0.2, 0.25) is 0 Å². The second-order valence-corrected chi connectivity index (χ2v) is 5.07. The third-order valence-electron chi connectivity index (χ3n) is 2.90. The molecule has 0 aliphatic carbocycles. The predicted molar refractivity (Wildman–Crippen MR) is 77.6 cm³/mol. The minimum atomic E-state index is -1.09. The molecule has 21 heavy (non-hydrogen) atoms. The maximum Gasteiger partial charge on any atom is 0.326 e. The zero-order valence-corrected chi connectivity index (χ0v) is 12.1. The molecule has 1 aromatic carbocycles. The Morgan fingerprint density at radius 2 is 1.71 bits per heavy atom. The van der Waals surface area contributed by atoms with Gasteiger partial charge in [0, 0.05) is 0 Å². The summed E-state index contributed by atoms with van der Waals surface area (Å²) >= 11 is 0. The van der Waals surface area contributed by atoms with Gasteiger partial charge >= 0.3 is 5.97 Å². The van der Waals surface area contributed by atoms with Crippen LogP contribution >= 0.6 is 0 Å². The third kappa shape index (κ3) is 6.07. The molecule has 0 aliphatic heterocycles. The van der Waals surface area contributed by atoms with Gasteiger partial charge in [-0.3, -0.25) is 9.59 Å². The van der Waals surface area contributed by atoms with Crippen LogP contribution in [-0.4, -0.2) is 35.5 Å². The Morgan fingerprint density at radius 3 is 2.24 bits per heavy atom. The zero-order valence-electron chi connectivity index (χ0n) is 12.1. The van der Waals surface area contributed by atoms with Gasteiger partial charge in [-0.2, -0.15) is 0 Å². The number of hydrogen-bond donors (Lipinski definition) is 3. The first kappa shape index (κ1) is 16.7. The minimum Gasteiger partial charge on any atom is -0.480 e. The highest BCUT2D eigenvalue weighted by molar-refractivity contribution is 5.88. The second-order valence-electron chi connectivity index (χ2n) is 5.07. The van der Waals surface area contributed by atoms with Crippen LogP contribution in [0.15, 0.2) is 30.3 Å². The van der Waals surface area contributed by atoms with Gasteiger partial charge in [0.1, 0.15) is 6.04 Å². The number of rotatable bonds is 7. The molecule has 0 aliphatic rings. The Labute approximate surface area is 123 Å². The average Bonchev–Trinajstić information content (AvgIpc) is 2.43. The molecule has 0 aromatic heterocycles. The first-order valence-electron chi connectivity index (χ1n) is 6.73. The number of benzene rings is 1. The Bertz CT molecular complexity index is 500. The summed E-state index contributed by atoms with van der Waals surface area (Å²) in [4.78, 5) is 34.2. The lowest BCUT2D eigenvalue weighted by molar-refractivity contribution is -0.143. The fourth-order valence-corrected chi connectivity index (χ4v) is 1.76. The number of aliphatic carboxylic acids is 1. The lowest BCUT2D eigenvalue weighted by Gasteiger charge is -2.17. The van der Waals surface area contributed by atoms with Crippen LogP contribution in [-0.2, 0) is 20.8 Å². The largest absolute Gasteiger partial charge is 0.480 e. The monoisotopic (exact) mass is 292 g/mol. The Kier molecular flexibility index (Phi) is 6.39. The summed E-state index contributed by atoms with van der Waals surface area (Å²) in [5, 5.41) is 13.8. The van der Waals surface area contributed by atoms with Crippen molar-refractivity contribution in [1.29, 1.82) is 0 Å². The van der Waals surface area contributed by atoms with Crippen LogP contribution in [0.5, 0.6) is 0 Å². The van der Waals surface area contributed by atoms with Gasteiger partial charge in [0.15, 0.2) is 0 Å². The molecule has 6 nitrogen and oxygen atoms in total. The van der Waals surface area contributed by atoms with E-state index in [-0.39, 0.29) is 24.8 Å². The number of hydrogen-bond acceptors (Lipinski definition) is 3. The Hall–Kier alpha value is -2.37. The molecule has 0 fully saturated rings. The van der Waals surface area contributed by atoms with E-state index >= 15 is 0 Å². The number of carboxylic acids is 1. The second kappa shape index (κ2) is 8.04. The number of nitrogens with one attached hydrogen (secondary N) is 2. The quantitative estimate of drug-likeness (QED) is 0.684. The lowest BCUT2D eigenvalue weighted by atomic mass is 10.1. The summed E-state index contributed by atoms with van der Waals surface area (Å²) in [6.45, 7) is 3.17. The molecule has 1 aromatic rings. The van der Waals surface area contributed by atoms with Crippen molar-refractivity contribution in [3.63, 3.8) is 0 Å². The van der Waals surface area contributed by atoms with Crippen LogP contribution in [0.4, 0.5) is 0 Å². The van der Waals surface area contributed by atoms with Crippen LogP contribution in [0.25, 0.3) is 0 Å². The topological polar surface area (TPSA) is 95.5 Å². The molecule has 2 amide bonds. The lowest BCUT2D eigenvalue weighted by Crippen LogP contribution is -2.48. The van der Waals surface area contributed by atoms with E-state index in [2.05, 4.69) is 10.6 Å². The molecule has 1 rings (SSSR count). The first-order chi connectivity index (χ1) is 9.90. The van der Waals surface area contributed by atoms with E-state index in [1.807, 2.05) is 30.3 Å². The van der Waals surface area contributed by atoms with Crippen molar-refractivity contribution in [2.24, 2.45) is 5.92 Å². The maximum absolute atomic E-state index is 11.7. The van der Waals surface area contributed by atoms with Gasteiger partial charge < -0.3 is 15.7 Å². The summed E-state index contributed by atoms with van der Waals surface area (Å²) in [5.41, 5.74) is 0.848. The molecule has 0 unspecified atom stereocenters. The van der Waals surface area contributed by atoms with Crippen molar-refractivity contribution in [2.75, 3.05) is 6.54 Å². The van der Waals surface area contributed by atoms with Crippen molar-refractivity contribution in [2.45, 2.75) is 26.3 Å². The minimum absolute atomic E-state index is 0.181. The van der Waals surface area contributed by atoms with Crippen LogP contribution in [0.1, 0.15) is 19.4 Å². The van der Waals surface area contributed by atoms with Gasteiger partial charge in [-0.25, -0.2) is 4.79 Å². The summed E-state index contributed by atoms with van der Waals surface area (Å²) < 4.78 is 0. The summed E-state index contributed by atoms with van der Waals surface area (Å²) in [6, 6.07) is 8.19. The fourth-order valence-electron chi connectivity index (χ4n) is 1.76. The van der Waals surface area contributed by atoms with Gasteiger partial charge in [-0.15, -0.1) is 0 Å². The molecule has 3 N–H and O–H groups in total. The van der Waals surface area contributed by atoms with E-state index in [1.54, 1.807) is 13.8 Å². The van der Waals surface area contributed by atoms with E-state index in [4.69, 9.17) is 5.11 Å². The summed E-state index contributed by atoms with van der Waals surface area (Å²) in [5.74, 6) is -2.12. The standard InChI is InChI=1S/C15H20N2O4/c1-10(2)14(15(20)21)17-13(19)9-16-12(18)8-11-6-4-3-5-7-11/h3-7,10,14H,8-9H2,1-2H3,(H,16,18)(H,17,19)(H,20,21)/t14-/m0/s1. The summed E-state index contributed by atoms with van der Waals surface area (Å²) in [6.07, 6.45) is 0.181. The summed E-state index contributed by atoms with van der Waals surface area (Å²) in [7, 11) is 0. The number of carbonyl (C=O) groups excluding carboxylic acids is 2. The van der Waals surface area contributed by atoms with E-state index < -0.39 is 17.9 Å². The zero-order chi connectivity index (χ0) is 15.8. The molecular weight excluding hydrogens is 272 g/mol. The number of amides is 2. The van der Waals surface area contributed by atoms with Crippen molar-refractivity contribution < 1.29 is 19.5 Å². The van der Waals surface area contributed by atoms with Crippen molar-refractivity contribution in [1.82, 2.24) is 10.6 Å². The fraction of sp³-hybridized carbons (Fsp3) is 0.400. The van der Waals surface area contributed by atoms with E-state index in [9.17, 15) is 14.4 Å². The Morgan fingerprint density at radius 1 is 1.10 bits per heavy atom. The highest BCUT2D eigenvalue weighted by Gasteiger charge is 2.23. The molecule has 0 bridgehead atoms. The maximum atomic E-state index is 11.7. The number of carboxylic acid groups (broad SMARTS) is 1. The van der Waals surface area contributed by atoms with E-state index in [0.29, 0.717) is 0 Å². The van der Waals surface area contributed by atoms with Gasteiger partial charge in [-0.1, -0.05) is 44.2 Å². The van der Waals surface area contributed by atoms with Crippen LogP contribution in [0, 0.1) is 5.92 Å².